The highest BCUT2D eigenvalue weighted by atomic mass is 16.3. The Morgan fingerprint density at radius 3 is 1.71 bits per heavy atom. The first-order chi connectivity index (χ1) is 25.3. The first-order valence-corrected chi connectivity index (χ1v) is 17.1. The number of fused-ring (bicyclic) bond motifs is 9. The van der Waals surface area contributed by atoms with Crippen molar-refractivity contribution in [2.45, 2.75) is 0 Å². The molecule has 11 rings (SSSR count). The van der Waals surface area contributed by atoms with Crippen LogP contribution in [0, 0.1) is 0 Å². The molecule has 0 bridgehead atoms. The van der Waals surface area contributed by atoms with Crippen LogP contribution in [-0.4, -0.2) is 19.1 Å². The van der Waals surface area contributed by atoms with E-state index in [2.05, 4.69) is 155 Å². The van der Waals surface area contributed by atoms with E-state index in [1.54, 1.807) is 0 Å². The van der Waals surface area contributed by atoms with Gasteiger partial charge in [-0.2, -0.15) is 0 Å². The smallest absolute Gasteiger partial charge is 0.234 e. The van der Waals surface area contributed by atoms with Crippen molar-refractivity contribution in [3.8, 4) is 33.9 Å². The van der Waals surface area contributed by atoms with E-state index in [0.717, 1.165) is 66.4 Å². The van der Waals surface area contributed by atoms with E-state index in [0.29, 0.717) is 5.95 Å². The van der Waals surface area contributed by atoms with Crippen molar-refractivity contribution in [1.29, 1.82) is 0 Å². The van der Waals surface area contributed by atoms with Crippen LogP contribution in [0.2, 0.25) is 0 Å². The van der Waals surface area contributed by atoms with Gasteiger partial charge in [0, 0.05) is 56.0 Å². The summed E-state index contributed by atoms with van der Waals surface area (Å²) in [4.78, 5) is 10.0. The van der Waals surface area contributed by atoms with Crippen molar-refractivity contribution in [1.82, 2.24) is 19.1 Å². The third-order valence-corrected chi connectivity index (χ3v) is 10.2. The van der Waals surface area contributed by atoms with Crippen molar-refractivity contribution in [2.75, 3.05) is 0 Å². The quantitative estimate of drug-likeness (QED) is 0.190. The average molecular weight is 653 g/mol. The fourth-order valence-corrected chi connectivity index (χ4v) is 7.87. The van der Waals surface area contributed by atoms with Crippen molar-refractivity contribution in [3.05, 3.63) is 170 Å². The molecule has 0 aliphatic heterocycles. The molecule has 0 spiro atoms. The molecular formula is C46H28N4O. The summed E-state index contributed by atoms with van der Waals surface area (Å²) < 4.78 is 10.6. The monoisotopic (exact) mass is 652 g/mol. The van der Waals surface area contributed by atoms with E-state index >= 15 is 0 Å². The lowest BCUT2D eigenvalue weighted by atomic mass is 9.99. The zero-order valence-electron chi connectivity index (χ0n) is 27.4. The van der Waals surface area contributed by atoms with Gasteiger partial charge in [-0.25, -0.2) is 9.97 Å². The van der Waals surface area contributed by atoms with E-state index in [9.17, 15) is 0 Å². The maximum atomic E-state index is 6.07. The lowest BCUT2D eigenvalue weighted by Gasteiger charge is -2.10. The number of aromatic nitrogens is 4. The number of para-hydroxylation sites is 4. The second-order valence-corrected chi connectivity index (χ2v) is 13.1. The zero-order chi connectivity index (χ0) is 33.5. The third-order valence-electron chi connectivity index (χ3n) is 10.2. The Balaban J connectivity index is 1.05. The van der Waals surface area contributed by atoms with Crippen LogP contribution >= 0.6 is 0 Å². The summed E-state index contributed by atoms with van der Waals surface area (Å²) in [5.41, 5.74) is 11.7. The highest BCUT2D eigenvalue weighted by Crippen LogP contribution is 2.39. The molecule has 0 aliphatic rings. The van der Waals surface area contributed by atoms with Gasteiger partial charge < -0.3 is 8.98 Å². The van der Waals surface area contributed by atoms with Crippen LogP contribution < -0.4 is 0 Å². The fraction of sp³-hybridized carbons (Fsp3) is 0. The molecule has 4 aromatic heterocycles. The summed E-state index contributed by atoms with van der Waals surface area (Å²) in [6.07, 6.45) is 3.88. The van der Waals surface area contributed by atoms with Crippen molar-refractivity contribution in [3.63, 3.8) is 0 Å². The Morgan fingerprint density at radius 1 is 0.353 bits per heavy atom. The van der Waals surface area contributed by atoms with Gasteiger partial charge in [-0.05, 0) is 77.4 Å². The highest BCUT2D eigenvalue weighted by molar-refractivity contribution is 6.19. The summed E-state index contributed by atoms with van der Waals surface area (Å²) >= 11 is 0. The van der Waals surface area contributed by atoms with E-state index in [-0.39, 0.29) is 0 Å². The average Bonchev–Trinajstić information content (AvgIpc) is 3.84. The maximum Gasteiger partial charge on any atom is 0.234 e. The van der Waals surface area contributed by atoms with Crippen LogP contribution in [0.1, 0.15) is 0 Å². The molecule has 5 heteroatoms. The molecule has 5 nitrogen and oxygen atoms in total. The van der Waals surface area contributed by atoms with Crippen LogP contribution in [0.25, 0.3) is 99.4 Å². The van der Waals surface area contributed by atoms with Gasteiger partial charge in [-0.1, -0.05) is 97.1 Å². The second-order valence-electron chi connectivity index (χ2n) is 13.1. The minimum absolute atomic E-state index is 0.639. The third kappa shape index (κ3) is 4.22. The Hall–Kier alpha value is -6.98. The first kappa shape index (κ1) is 27.9. The van der Waals surface area contributed by atoms with Crippen LogP contribution in [0.5, 0.6) is 0 Å². The second kappa shape index (κ2) is 10.8. The lowest BCUT2D eigenvalue weighted by Crippen LogP contribution is -2.01. The summed E-state index contributed by atoms with van der Waals surface area (Å²) in [5.74, 6) is 0.639. The molecule has 51 heavy (non-hydrogen) atoms. The predicted octanol–water partition coefficient (Wildman–Crippen LogP) is 11.9. The highest BCUT2D eigenvalue weighted by Gasteiger charge is 2.19. The number of hydrogen-bond acceptors (Lipinski definition) is 3. The van der Waals surface area contributed by atoms with E-state index < -0.39 is 0 Å². The van der Waals surface area contributed by atoms with Crippen LogP contribution in [0.3, 0.4) is 0 Å². The Labute approximate surface area is 292 Å². The van der Waals surface area contributed by atoms with Crippen molar-refractivity contribution >= 4 is 65.6 Å². The first-order valence-electron chi connectivity index (χ1n) is 17.1. The number of hydrogen-bond donors (Lipinski definition) is 0. The molecule has 0 radical (unpaired) electrons. The maximum absolute atomic E-state index is 6.07. The van der Waals surface area contributed by atoms with E-state index in [1.165, 1.54) is 27.1 Å². The minimum atomic E-state index is 0.639. The molecule has 11 aromatic rings. The molecular weight excluding hydrogens is 625 g/mol. The van der Waals surface area contributed by atoms with Gasteiger partial charge in [0.15, 0.2) is 0 Å². The van der Waals surface area contributed by atoms with Crippen molar-refractivity contribution < 1.29 is 4.42 Å². The fourth-order valence-electron chi connectivity index (χ4n) is 7.87. The molecule has 0 saturated carbocycles. The Morgan fingerprint density at radius 2 is 0.941 bits per heavy atom. The topological polar surface area (TPSA) is 48.8 Å². The van der Waals surface area contributed by atoms with E-state index in [1.807, 2.05) is 24.5 Å². The van der Waals surface area contributed by atoms with E-state index in [4.69, 9.17) is 14.4 Å². The molecule has 0 atom stereocenters. The van der Waals surface area contributed by atoms with Crippen LogP contribution in [0.15, 0.2) is 175 Å². The van der Waals surface area contributed by atoms with Crippen LogP contribution in [0.4, 0.5) is 0 Å². The summed E-state index contributed by atoms with van der Waals surface area (Å²) in [6.45, 7) is 0. The molecule has 0 fully saturated rings. The van der Waals surface area contributed by atoms with Gasteiger partial charge in [0.1, 0.15) is 11.2 Å². The number of benzene rings is 7. The van der Waals surface area contributed by atoms with Gasteiger partial charge in [-0.3, -0.25) is 4.57 Å². The summed E-state index contributed by atoms with van der Waals surface area (Å²) in [6, 6.07) is 55.6. The largest absolute Gasteiger partial charge is 0.456 e. The van der Waals surface area contributed by atoms with Gasteiger partial charge in [0.2, 0.25) is 5.95 Å². The summed E-state index contributed by atoms with van der Waals surface area (Å²) in [5, 5.41) is 7.05. The zero-order valence-corrected chi connectivity index (χ0v) is 27.4. The molecule has 238 valence electrons. The predicted molar refractivity (Wildman–Crippen MR) is 209 cm³/mol. The molecule has 0 amide bonds. The Bertz CT molecular complexity index is 3130. The normalized spacial score (nSPS) is 11.9. The standard InChI is InChI=1S/C46H28N4O/c1-2-13-33(14-3-1)49-40-18-7-4-15-34(40)37-25-38-35-16-5-8-19-41(35)50(43(38)26-42(37)49)46-47-27-32(28-48-46)30-12-10-11-29(23-30)31-21-22-45-39(24-31)36-17-6-9-20-44(36)51-45/h1-28H. The molecule has 0 unspecified atom stereocenters. The van der Waals surface area contributed by atoms with Gasteiger partial charge >= 0.3 is 0 Å². The molecule has 0 N–H and O–H groups in total. The Kier molecular flexibility index (Phi) is 5.89. The van der Waals surface area contributed by atoms with Gasteiger partial charge in [0.05, 0.1) is 22.1 Å². The molecule has 7 aromatic carbocycles. The lowest BCUT2D eigenvalue weighted by molar-refractivity contribution is 0.669. The van der Waals surface area contributed by atoms with Gasteiger partial charge in [0.25, 0.3) is 0 Å². The SMILES string of the molecule is c1ccc(-n2c3ccccc3c3cc4c5ccccc5n(-c5ncc(-c6cccc(-c7ccc8oc9ccccc9c8c7)c6)cn5)c4cc32)cc1. The van der Waals surface area contributed by atoms with Gasteiger partial charge in [-0.15, -0.1) is 0 Å². The molecule has 0 saturated heterocycles. The minimum Gasteiger partial charge on any atom is -0.456 e. The number of nitrogens with zero attached hydrogens (tertiary/aromatic N) is 4. The van der Waals surface area contributed by atoms with Crippen molar-refractivity contribution in [2.24, 2.45) is 0 Å². The molecule has 4 heterocycles. The molecule has 0 aliphatic carbocycles. The number of furan rings is 1. The summed E-state index contributed by atoms with van der Waals surface area (Å²) in [7, 11) is 0. The van der Waals surface area contributed by atoms with Crippen LogP contribution in [-0.2, 0) is 0 Å². The number of rotatable bonds is 4.